The largest absolute Gasteiger partial charge is 0.478 e. The summed E-state index contributed by atoms with van der Waals surface area (Å²) in [6, 6.07) is 1.96. The summed E-state index contributed by atoms with van der Waals surface area (Å²) in [6.07, 6.45) is 1.16. The van der Waals surface area contributed by atoms with E-state index < -0.39 is 38.9 Å². The molecule has 0 saturated carbocycles. The van der Waals surface area contributed by atoms with Crippen LogP contribution in [-0.4, -0.2) is 29.7 Å². The predicted molar refractivity (Wildman–Crippen MR) is 62.7 cm³/mol. The third kappa shape index (κ3) is 2.59. The zero-order chi connectivity index (χ0) is 14.9. The van der Waals surface area contributed by atoms with Crippen LogP contribution >= 0.6 is 0 Å². The van der Waals surface area contributed by atoms with Gasteiger partial charge in [-0.2, -0.15) is 13.5 Å². The Morgan fingerprint density at radius 2 is 2.00 bits per heavy atom. The molecule has 2 aromatic rings. The third-order valence-corrected chi connectivity index (χ3v) is 3.59. The molecule has 0 fully saturated rings. The molecule has 20 heavy (non-hydrogen) atoms. The SMILES string of the molecule is O=C(O)c1cc(NS(=O)(=O)c2ccn[nH]2)c(F)cc1F. The molecule has 1 aromatic heterocycles. The van der Waals surface area contributed by atoms with Gasteiger partial charge < -0.3 is 5.11 Å². The van der Waals surface area contributed by atoms with Crippen LogP contribution < -0.4 is 4.72 Å². The topological polar surface area (TPSA) is 112 Å². The maximum absolute atomic E-state index is 13.5. The second-order valence-electron chi connectivity index (χ2n) is 3.64. The van der Waals surface area contributed by atoms with Crippen LogP contribution in [0.25, 0.3) is 0 Å². The maximum atomic E-state index is 13.5. The Balaban J connectivity index is 2.44. The smallest absolute Gasteiger partial charge is 0.338 e. The highest BCUT2D eigenvalue weighted by atomic mass is 32.2. The molecule has 0 saturated heterocycles. The molecule has 3 N–H and O–H groups in total. The molecule has 2 rings (SSSR count). The van der Waals surface area contributed by atoms with E-state index in [1.54, 1.807) is 0 Å². The molecule has 0 aliphatic rings. The Kier molecular flexibility index (Phi) is 3.40. The average Bonchev–Trinajstić information content (AvgIpc) is 2.86. The second-order valence-corrected chi connectivity index (χ2v) is 5.29. The average molecular weight is 303 g/mol. The van der Waals surface area contributed by atoms with Crippen molar-refractivity contribution in [2.24, 2.45) is 0 Å². The minimum absolute atomic E-state index is 0.286. The standard InChI is InChI=1S/C10H7F2N3O4S/c11-6-4-7(12)8(3-5(6)10(16)17)15-20(18,19)9-1-2-13-14-9/h1-4,15H,(H,13,14)(H,16,17). The van der Waals surface area contributed by atoms with Crippen molar-refractivity contribution in [2.45, 2.75) is 5.03 Å². The highest BCUT2D eigenvalue weighted by Crippen LogP contribution is 2.22. The number of aromatic carboxylic acids is 1. The summed E-state index contributed by atoms with van der Waals surface area (Å²) in [7, 11) is -4.17. The molecule has 0 radical (unpaired) electrons. The molecule has 0 atom stereocenters. The van der Waals surface area contributed by atoms with Gasteiger partial charge in [0.2, 0.25) is 0 Å². The van der Waals surface area contributed by atoms with Gasteiger partial charge in [0.15, 0.2) is 5.03 Å². The fraction of sp³-hybridized carbons (Fsp3) is 0. The van der Waals surface area contributed by atoms with E-state index in [0.29, 0.717) is 6.07 Å². The summed E-state index contributed by atoms with van der Waals surface area (Å²) in [5.41, 5.74) is -1.54. The van der Waals surface area contributed by atoms with Crippen molar-refractivity contribution in [1.29, 1.82) is 0 Å². The highest BCUT2D eigenvalue weighted by Gasteiger charge is 2.21. The first-order chi connectivity index (χ1) is 9.31. The van der Waals surface area contributed by atoms with Gasteiger partial charge in [0.25, 0.3) is 10.0 Å². The number of anilines is 1. The van der Waals surface area contributed by atoms with E-state index in [1.165, 1.54) is 0 Å². The van der Waals surface area contributed by atoms with Crippen molar-refractivity contribution >= 4 is 21.7 Å². The Morgan fingerprint density at radius 1 is 1.30 bits per heavy atom. The van der Waals surface area contributed by atoms with Crippen molar-refractivity contribution in [2.75, 3.05) is 4.72 Å². The van der Waals surface area contributed by atoms with Gasteiger partial charge in [-0.15, -0.1) is 0 Å². The van der Waals surface area contributed by atoms with Gasteiger partial charge in [-0.05, 0) is 12.1 Å². The zero-order valence-electron chi connectivity index (χ0n) is 9.59. The number of hydrogen-bond acceptors (Lipinski definition) is 4. The monoisotopic (exact) mass is 303 g/mol. The Morgan fingerprint density at radius 3 is 2.55 bits per heavy atom. The van der Waals surface area contributed by atoms with E-state index >= 15 is 0 Å². The zero-order valence-corrected chi connectivity index (χ0v) is 10.4. The van der Waals surface area contributed by atoms with Crippen LogP contribution in [0.3, 0.4) is 0 Å². The van der Waals surface area contributed by atoms with E-state index in [2.05, 4.69) is 10.2 Å². The van der Waals surface area contributed by atoms with E-state index in [-0.39, 0.29) is 11.1 Å². The summed E-state index contributed by atoms with van der Waals surface area (Å²) in [6.45, 7) is 0. The number of carboxylic acid groups (broad SMARTS) is 1. The number of sulfonamides is 1. The molecule has 0 aliphatic carbocycles. The first-order valence-electron chi connectivity index (χ1n) is 5.06. The quantitative estimate of drug-likeness (QED) is 0.785. The number of H-pyrrole nitrogens is 1. The van der Waals surface area contributed by atoms with Crippen LogP contribution in [0, 0.1) is 11.6 Å². The van der Waals surface area contributed by atoms with Gasteiger partial charge in [-0.1, -0.05) is 0 Å². The summed E-state index contributed by atoms with van der Waals surface area (Å²) < 4.78 is 52.0. The van der Waals surface area contributed by atoms with Gasteiger partial charge in [0, 0.05) is 6.07 Å². The van der Waals surface area contributed by atoms with Gasteiger partial charge in [0.1, 0.15) is 11.6 Å². The van der Waals surface area contributed by atoms with Gasteiger partial charge >= 0.3 is 5.97 Å². The van der Waals surface area contributed by atoms with Gasteiger partial charge in [0.05, 0.1) is 17.4 Å². The summed E-state index contributed by atoms with van der Waals surface area (Å²) in [5.74, 6) is -4.19. The van der Waals surface area contributed by atoms with Crippen LogP contribution in [-0.2, 0) is 10.0 Å². The Labute approximate surface area is 111 Å². The van der Waals surface area contributed by atoms with E-state index in [9.17, 15) is 22.0 Å². The summed E-state index contributed by atoms with van der Waals surface area (Å²) in [5, 5.41) is 13.9. The third-order valence-electron chi connectivity index (χ3n) is 2.30. The first-order valence-corrected chi connectivity index (χ1v) is 6.54. The minimum Gasteiger partial charge on any atom is -0.478 e. The molecule has 106 valence electrons. The van der Waals surface area contributed by atoms with Crippen LogP contribution in [0.2, 0.25) is 0 Å². The minimum atomic E-state index is -4.17. The predicted octanol–water partition coefficient (Wildman–Crippen LogP) is 1.19. The van der Waals surface area contributed by atoms with Crippen LogP contribution in [0.1, 0.15) is 10.4 Å². The van der Waals surface area contributed by atoms with Crippen molar-refractivity contribution in [3.8, 4) is 0 Å². The highest BCUT2D eigenvalue weighted by molar-refractivity contribution is 7.92. The number of aromatic nitrogens is 2. The Bertz CT molecular complexity index is 759. The molecule has 0 unspecified atom stereocenters. The van der Waals surface area contributed by atoms with E-state index in [1.807, 2.05) is 4.72 Å². The molecular formula is C10H7F2N3O4S. The van der Waals surface area contributed by atoms with E-state index in [0.717, 1.165) is 12.3 Å². The fourth-order valence-corrected chi connectivity index (χ4v) is 2.35. The molecule has 0 amide bonds. The van der Waals surface area contributed by atoms with Crippen molar-refractivity contribution < 1.29 is 27.1 Å². The summed E-state index contributed by atoms with van der Waals surface area (Å²) >= 11 is 0. The molecule has 7 nitrogen and oxygen atoms in total. The lowest BCUT2D eigenvalue weighted by molar-refractivity contribution is 0.0692. The normalized spacial score (nSPS) is 11.3. The van der Waals surface area contributed by atoms with Crippen molar-refractivity contribution in [1.82, 2.24) is 10.2 Å². The number of halogens is 2. The van der Waals surface area contributed by atoms with Gasteiger partial charge in [-0.25, -0.2) is 13.6 Å². The Hall–Kier alpha value is -2.49. The number of carbonyl (C=O) groups is 1. The fourth-order valence-electron chi connectivity index (χ4n) is 1.38. The molecule has 10 heteroatoms. The first kappa shape index (κ1) is 13.9. The molecule has 1 heterocycles. The number of nitrogens with zero attached hydrogens (tertiary/aromatic N) is 1. The van der Waals surface area contributed by atoms with Crippen LogP contribution in [0.5, 0.6) is 0 Å². The van der Waals surface area contributed by atoms with Crippen LogP contribution in [0.4, 0.5) is 14.5 Å². The van der Waals surface area contributed by atoms with Gasteiger partial charge in [-0.3, -0.25) is 9.82 Å². The number of nitrogens with one attached hydrogen (secondary N) is 2. The summed E-state index contributed by atoms with van der Waals surface area (Å²) in [4.78, 5) is 10.7. The molecule has 0 aliphatic heterocycles. The molecule has 1 aromatic carbocycles. The molecular weight excluding hydrogens is 296 g/mol. The number of carboxylic acids is 1. The lowest BCUT2D eigenvalue weighted by atomic mass is 10.2. The lowest BCUT2D eigenvalue weighted by Gasteiger charge is -2.08. The van der Waals surface area contributed by atoms with Crippen molar-refractivity contribution in [3.05, 3.63) is 41.6 Å². The number of aromatic amines is 1. The number of benzene rings is 1. The number of hydrogen-bond donors (Lipinski definition) is 3. The second kappa shape index (κ2) is 4.89. The maximum Gasteiger partial charge on any atom is 0.338 e. The van der Waals surface area contributed by atoms with E-state index in [4.69, 9.17) is 5.11 Å². The molecule has 0 spiro atoms. The van der Waals surface area contributed by atoms with Crippen molar-refractivity contribution in [3.63, 3.8) is 0 Å². The number of rotatable bonds is 4. The van der Waals surface area contributed by atoms with Crippen LogP contribution in [0.15, 0.2) is 29.4 Å². The molecule has 0 bridgehead atoms. The lowest BCUT2D eigenvalue weighted by Crippen LogP contribution is -2.15.